The maximum absolute atomic E-state index is 13.2. The molecule has 2 N–H and O–H groups in total. The number of amides is 5. The lowest BCUT2D eigenvalue weighted by Gasteiger charge is -2.27. The maximum atomic E-state index is 13.2. The van der Waals surface area contributed by atoms with Crippen molar-refractivity contribution in [3.05, 3.63) is 29.3 Å². The molecule has 5 amide bonds. The van der Waals surface area contributed by atoms with E-state index in [-0.39, 0.29) is 54.6 Å². The van der Waals surface area contributed by atoms with Crippen LogP contribution in [0.3, 0.4) is 0 Å². The normalized spacial score (nSPS) is 14.7. The largest absolute Gasteiger partial charge is 0.463 e. The fraction of sp³-hybridized carbons (Fsp3) is 0.755. The highest BCUT2D eigenvalue weighted by Gasteiger charge is 2.45. The van der Waals surface area contributed by atoms with E-state index in [1.54, 1.807) is 12.1 Å². The number of benzene rings is 1. The van der Waals surface area contributed by atoms with E-state index in [0.29, 0.717) is 145 Å². The van der Waals surface area contributed by atoms with Crippen molar-refractivity contribution in [2.45, 2.75) is 103 Å². The Morgan fingerprint density at radius 1 is 0.536 bits per heavy atom. The number of hydrogen-bond donors (Lipinski definition) is 2. The van der Waals surface area contributed by atoms with Gasteiger partial charge in [-0.3, -0.25) is 39.0 Å². The standard InChI is InChI=1S/C49H79N3O17/c1-2-3-4-5-6-7-10-16-45(55)69-39-38-68-37-36-67-35-34-66-33-32-65-31-30-64-29-28-63-27-26-62-25-24-61-23-22-60-21-20-59-19-11-8-9-15-43(53)50-41-14-12-13-40-46(41)49(58)52(48(40)57)42-17-18-44(54)51-47(42)56/h12-14,42H,2-11,15-39H2,1H3,(H,50,53)(H,51,54,56). The van der Waals surface area contributed by atoms with Crippen molar-refractivity contribution >= 4 is 41.2 Å². The van der Waals surface area contributed by atoms with Gasteiger partial charge in [0.05, 0.1) is 142 Å². The molecule has 392 valence electrons. The first-order valence-electron chi connectivity index (χ1n) is 24.9. The van der Waals surface area contributed by atoms with Crippen LogP contribution < -0.4 is 10.6 Å². The van der Waals surface area contributed by atoms with E-state index in [2.05, 4.69) is 17.6 Å². The molecule has 2 aliphatic heterocycles. The smallest absolute Gasteiger partial charge is 0.305 e. The van der Waals surface area contributed by atoms with Crippen LogP contribution in [0.4, 0.5) is 5.69 Å². The van der Waals surface area contributed by atoms with Gasteiger partial charge in [-0.25, -0.2) is 0 Å². The van der Waals surface area contributed by atoms with Gasteiger partial charge in [0, 0.05) is 25.9 Å². The van der Waals surface area contributed by atoms with Gasteiger partial charge in [-0.2, -0.15) is 0 Å². The van der Waals surface area contributed by atoms with Crippen LogP contribution in [0.5, 0.6) is 0 Å². The number of nitrogens with zero attached hydrogens (tertiary/aromatic N) is 1. The van der Waals surface area contributed by atoms with Gasteiger partial charge in [0.25, 0.3) is 11.8 Å². The van der Waals surface area contributed by atoms with E-state index in [9.17, 15) is 28.8 Å². The van der Waals surface area contributed by atoms with Crippen LogP contribution in [-0.2, 0) is 71.3 Å². The Hall–Kier alpha value is -3.96. The average molecular weight is 982 g/mol. The molecule has 3 rings (SSSR count). The summed E-state index contributed by atoms with van der Waals surface area (Å²) in [6, 6.07) is 3.52. The Labute approximate surface area is 407 Å². The molecule has 20 heteroatoms. The van der Waals surface area contributed by atoms with Crippen LogP contribution >= 0.6 is 0 Å². The highest BCUT2D eigenvalue weighted by Crippen LogP contribution is 2.32. The number of hydrogen-bond acceptors (Lipinski definition) is 17. The number of unbranched alkanes of at least 4 members (excludes halogenated alkanes) is 8. The zero-order chi connectivity index (χ0) is 49.4. The quantitative estimate of drug-likeness (QED) is 0.0523. The molecule has 69 heavy (non-hydrogen) atoms. The fourth-order valence-corrected chi connectivity index (χ4v) is 7.09. The van der Waals surface area contributed by atoms with Gasteiger partial charge in [0.15, 0.2) is 0 Å². The van der Waals surface area contributed by atoms with Crippen molar-refractivity contribution in [3.8, 4) is 0 Å². The number of esters is 1. The van der Waals surface area contributed by atoms with Crippen LogP contribution in [0.15, 0.2) is 18.2 Å². The number of nitrogens with one attached hydrogen (secondary N) is 2. The third kappa shape index (κ3) is 27.3. The minimum absolute atomic E-state index is 0.0253. The second-order valence-corrected chi connectivity index (χ2v) is 16.2. The first-order chi connectivity index (χ1) is 33.8. The molecule has 1 fully saturated rings. The summed E-state index contributed by atoms with van der Waals surface area (Å²) in [6.45, 7) is 11.6. The molecule has 1 aromatic carbocycles. The number of fused-ring (bicyclic) bond motifs is 1. The number of anilines is 1. The molecule has 20 nitrogen and oxygen atoms in total. The van der Waals surface area contributed by atoms with Gasteiger partial charge in [-0.15, -0.1) is 0 Å². The van der Waals surface area contributed by atoms with Crippen LogP contribution in [0.1, 0.15) is 118 Å². The second-order valence-electron chi connectivity index (χ2n) is 16.2. The zero-order valence-electron chi connectivity index (χ0n) is 40.9. The predicted octanol–water partition coefficient (Wildman–Crippen LogP) is 4.44. The number of ether oxygens (including phenoxy) is 11. The van der Waals surface area contributed by atoms with Gasteiger partial charge in [0.2, 0.25) is 17.7 Å². The predicted molar refractivity (Wildman–Crippen MR) is 252 cm³/mol. The molecule has 1 saturated heterocycles. The SMILES string of the molecule is CCCCCCCCCC(=O)OCCOCCOCCOCCOCCOCCOCCOCCOCCOCCOCCCCCC(=O)Nc1cccc2c1C(=O)N(C1CCC(=O)NC1=O)C2=O. The molecule has 2 heterocycles. The summed E-state index contributed by atoms with van der Waals surface area (Å²) in [7, 11) is 0. The van der Waals surface area contributed by atoms with E-state index in [1.807, 2.05) is 0 Å². The van der Waals surface area contributed by atoms with Gasteiger partial charge < -0.3 is 57.4 Å². The third-order valence-electron chi connectivity index (χ3n) is 10.8. The Bertz CT molecular complexity index is 1600. The number of piperidine rings is 1. The summed E-state index contributed by atoms with van der Waals surface area (Å²) >= 11 is 0. The fourth-order valence-electron chi connectivity index (χ4n) is 7.09. The van der Waals surface area contributed by atoms with Gasteiger partial charge in [0.1, 0.15) is 12.6 Å². The molecule has 0 spiro atoms. The van der Waals surface area contributed by atoms with E-state index in [4.69, 9.17) is 52.1 Å². The lowest BCUT2D eigenvalue weighted by molar-refractivity contribution is -0.145. The maximum Gasteiger partial charge on any atom is 0.305 e. The molecular weight excluding hydrogens is 903 g/mol. The second kappa shape index (κ2) is 39.7. The van der Waals surface area contributed by atoms with E-state index < -0.39 is 29.7 Å². The van der Waals surface area contributed by atoms with E-state index in [1.165, 1.54) is 38.2 Å². The Kier molecular flexibility index (Phi) is 34.2. The summed E-state index contributed by atoms with van der Waals surface area (Å²) in [4.78, 5) is 75.4. The summed E-state index contributed by atoms with van der Waals surface area (Å²) in [6.07, 6.45) is 11.1. The van der Waals surface area contributed by atoms with Gasteiger partial charge >= 0.3 is 5.97 Å². The summed E-state index contributed by atoms with van der Waals surface area (Å²) in [5, 5.41) is 4.91. The lowest BCUT2D eigenvalue weighted by atomic mass is 10.0. The minimum Gasteiger partial charge on any atom is -0.463 e. The first kappa shape index (κ1) is 59.3. The first-order valence-corrected chi connectivity index (χ1v) is 24.9. The monoisotopic (exact) mass is 982 g/mol. The molecule has 1 aromatic rings. The van der Waals surface area contributed by atoms with E-state index in [0.717, 1.165) is 30.6 Å². The topological polar surface area (TPSA) is 231 Å². The van der Waals surface area contributed by atoms with Crippen LogP contribution in [0.2, 0.25) is 0 Å². The average Bonchev–Trinajstić information content (AvgIpc) is 3.59. The van der Waals surface area contributed by atoms with Crippen LogP contribution in [0, 0.1) is 0 Å². The molecular formula is C49H79N3O17. The van der Waals surface area contributed by atoms with E-state index >= 15 is 0 Å². The highest BCUT2D eigenvalue weighted by atomic mass is 16.6. The molecule has 0 saturated carbocycles. The third-order valence-corrected chi connectivity index (χ3v) is 10.8. The zero-order valence-corrected chi connectivity index (χ0v) is 40.9. The minimum atomic E-state index is -1.08. The highest BCUT2D eigenvalue weighted by molar-refractivity contribution is 6.26. The Morgan fingerprint density at radius 2 is 0.971 bits per heavy atom. The van der Waals surface area contributed by atoms with Gasteiger partial charge in [-0.05, 0) is 37.8 Å². The molecule has 0 bridgehead atoms. The van der Waals surface area contributed by atoms with Crippen LogP contribution in [0.25, 0.3) is 0 Å². The van der Waals surface area contributed by atoms with Crippen molar-refractivity contribution in [1.29, 1.82) is 0 Å². The number of carbonyl (C=O) groups excluding carboxylic acids is 6. The summed E-state index contributed by atoms with van der Waals surface area (Å²) < 4.78 is 60.3. The van der Waals surface area contributed by atoms with Crippen molar-refractivity contribution in [1.82, 2.24) is 10.2 Å². The summed E-state index contributed by atoms with van der Waals surface area (Å²) in [5.74, 6) is -2.88. The molecule has 1 unspecified atom stereocenters. The molecule has 1 atom stereocenters. The molecule has 0 aromatic heterocycles. The van der Waals surface area contributed by atoms with Crippen molar-refractivity contribution < 1.29 is 80.9 Å². The Morgan fingerprint density at radius 3 is 1.46 bits per heavy atom. The van der Waals surface area contributed by atoms with Gasteiger partial charge in [-0.1, -0.05) is 57.9 Å². The molecule has 0 aliphatic carbocycles. The summed E-state index contributed by atoms with van der Waals surface area (Å²) in [5.41, 5.74) is 0.374. The van der Waals surface area contributed by atoms with Crippen molar-refractivity contribution in [2.24, 2.45) is 0 Å². The van der Waals surface area contributed by atoms with Crippen molar-refractivity contribution in [2.75, 3.05) is 144 Å². The van der Waals surface area contributed by atoms with Crippen molar-refractivity contribution in [3.63, 3.8) is 0 Å². The number of imide groups is 2. The molecule has 0 radical (unpaired) electrons. The molecule has 2 aliphatic rings. The van der Waals surface area contributed by atoms with Crippen LogP contribution in [-0.4, -0.2) is 185 Å². The Balaban J connectivity index is 0.960. The number of carbonyl (C=O) groups is 6. The number of rotatable bonds is 46. The lowest BCUT2D eigenvalue weighted by Crippen LogP contribution is -2.54.